The average molecular weight is 292 g/mol. The molecule has 0 N–H and O–H groups in total. The Morgan fingerprint density at radius 1 is 1.00 bits per heavy atom. The summed E-state index contributed by atoms with van der Waals surface area (Å²) in [5, 5.41) is 6.67. The zero-order chi connectivity index (χ0) is 14.1. The quantitative estimate of drug-likeness (QED) is 0.581. The van der Waals surface area contributed by atoms with Crippen LogP contribution in [0.15, 0.2) is 60.1 Å². The van der Waals surface area contributed by atoms with Gasteiger partial charge in [0, 0.05) is 12.6 Å². The number of benzene rings is 1. The molecule has 0 radical (unpaired) electrons. The van der Waals surface area contributed by atoms with Crippen LogP contribution in [-0.2, 0) is 6.42 Å². The number of rotatable bonds is 3. The van der Waals surface area contributed by atoms with Crippen LogP contribution < -0.4 is 0 Å². The van der Waals surface area contributed by atoms with E-state index in [-0.39, 0.29) is 0 Å². The van der Waals surface area contributed by atoms with Gasteiger partial charge in [0.2, 0.25) is 0 Å². The summed E-state index contributed by atoms with van der Waals surface area (Å²) in [6.45, 7) is 0. The molecule has 0 saturated heterocycles. The standard InChI is InChI=1S/C16H12N4S/c1-2-5-12(6-3-1)11-15-18-16-17-9-8-13(20(16)19-15)14-7-4-10-21-14/h1-10H,11H2. The van der Waals surface area contributed by atoms with E-state index in [2.05, 4.69) is 38.6 Å². The second-order valence-corrected chi connectivity index (χ2v) is 5.66. The molecule has 21 heavy (non-hydrogen) atoms. The van der Waals surface area contributed by atoms with Crippen LogP contribution in [-0.4, -0.2) is 19.6 Å². The van der Waals surface area contributed by atoms with Gasteiger partial charge in [0.05, 0.1) is 10.6 Å². The largest absolute Gasteiger partial charge is 0.252 e. The predicted octanol–water partition coefficient (Wildman–Crippen LogP) is 3.44. The molecule has 0 aliphatic rings. The molecule has 4 nitrogen and oxygen atoms in total. The molecule has 1 aromatic carbocycles. The van der Waals surface area contributed by atoms with Crippen molar-refractivity contribution in [1.82, 2.24) is 19.6 Å². The molecule has 5 heteroatoms. The second-order valence-electron chi connectivity index (χ2n) is 4.71. The normalized spacial score (nSPS) is 11.0. The summed E-state index contributed by atoms with van der Waals surface area (Å²) in [6, 6.07) is 16.3. The summed E-state index contributed by atoms with van der Waals surface area (Å²) in [4.78, 5) is 10.00. The van der Waals surface area contributed by atoms with Crippen LogP contribution >= 0.6 is 11.3 Å². The Hall–Kier alpha value is -2.53. The summed E-state index contributed by atoms with van der Waals surface area (Å²) in [7, 11) is 0. The first-order valence-corrected chi connectivity index (χ1v) is 7.56. The van der Waals surface area contributed by atoms with Gasteiger partial charge < -0.3 is 0 Å². The van der Waals surface area contributed by atoms with Crippen LogP contribution in [0.5, 0.6) is 0 Å². The fraction of sp³-hybridized carbons (Fsp3) is 0.0625. The van der Waals surface area contributed by atoms with Crippen LogP contribution in [0.2, 0.25) is 0 Å². The number of hydrogen-bond donors (Lipinski definition) is 0. The van der Waals surface area contributed by atoms with E-state index in [4.69, 9.17) is 0 Å². The topological polar surface area (TPSA) is 43.1 Å². The van der Waals surface area contributed by atoms with Crippen LogP contribution in [0, 0.1) is 0 Å². The Balaban J connectivity index is 1.78. The van der Waals surface area contributed by atoms with Crippen molar-refractivity contribution in [2.24, 2.45) is 0 Å². The van der Waals surface area contributed by atoms with Crippen LogP contribution in [0.25, 0.3) is 16.3 Å². The maximum absolute atomic E-state index is 4.61. The zero-order valence-corrected chi connectivity index (χ0v) is 12.0. The Labute approximate surface area is 125 Å². The van der Waals surface area contributed by atoms with E-state index in [1.54, 1.807) is 17.5 Å². The Kier molecular flexibility index (Phi) is 2.97. The first-order chi connectivity index (χ1) is 10.4. The van der Waals surface area contributed by atoms with E-state index in [0.29, 0.717) is 12.2 Å². The minimum Gasteiger partial charge on any atom is -0.220 e. The third kappa shape index (κ3) is 2.32. The van der Waals surface area contributed by atoms with Crippen molar-refractivity contribution in [1.29, 1.82) is 0 Å². The third-order valence-electron chi connectivity index (χ3n) is 3.26. The van der Waals surface area contributed by atoms with Crippen molar-refractivity contribution in [3.05, 3.63) is 71.5 Å². The Morgan fingerprint density at radius 3 is 2.71 bits per heavy atom. The van der Waals surface area contributed by atoms with Gasteiger partial charge in [-0.25, -0.2) is 4.98 Å². The predicted molar refractivity (Wildman–Crippen MR) is 83.3 cm³/mol. The van der Waals surface area contributed by atoms with E-state index in [9.17, 15) is 0 Å². The van der Waals surface area contributed by atoms with E-state index >= 15 is 0 Å². The Bertz CT molecular complexity index is 866. The Morgan fingerprint density at radius 2 is 1.90 bits per heavy atom. The molecule has 0 unspecified atom stereocenters. The smallest absolute Gasteiger partial charge is 0.220 e. The third-order valence-corrected chi connectivity index (χ3v) is 4.16. The lowest BCUT2D eigenvalue weighted by molar-refractivity contribution is 0.899. The highest BCUT2D eigenvalue weighted by Crippen LogP contribution is 2.24. The van der Waals surface area contributed by atoms with E-state index < -0.39 is 0 Å². The van der Waals surface area contributed by atoms with Crippen molar-refractivity contribution < 1.29 is 0 Å². The first kappa shape index (κ1) is 12.2. The number of fused-ring (bicyclic) bond motifs is 1. The van der Waals surface area contributed by atoms with Gasteiger partial charge in [-0.2, -0.15) is 9.50 Å². The molecule has 0 fully saturated rings. The summed E-state index contributed by atoms with van der Waals surface area (Å²) in [6.07, 6.45) is 2.50. The van der Waals surface area contributed by atoms with Crippen molar-refractivity contribution >= 4 is 17.1 Å². The van der Waals surface area contributed by atoms with E-state index in [0.717, 1.165) is 11.5 Å². The van der Waals surface area contributed by atoms with Gasteiger partial charge >= 0.3 is 0 Å². The van der Waals surface area contributed by atoms with Gasteiger partial charge in [-0.3, -0.25) is 0 Å². The highest BCUT2D eigenvalue weighted by atomic mass is 32.1. The molecule has 0 atom stereocenters. The van der Waals surface area contributed by atoms with Gasteiger partial charge in [0.1, 0.15) is 0 Å². The molecule has 0 saturated carbocycles. The van der Waals surface area contributed by atoms with E-state index in [1.807, 2.05) is 34.8 Å². The van der Waals surface area contributed by atoms with Crippen molar-refractivity contribution in [3.8, 4) is 10.6 Å². The molecule has 0 aliphatic carbocycles. The minimum atomic E-state index is 0.645. The monoisotopic (exact) mass is 292 g/mol. The maximum atomic E-state index is 4.61. The molecule has 102 valence electrons. The summed E-state index contributed by atoms with van der Waals surface area (Å²) in [5.74, 6) is 1.43. The SMILES string of the molecule is c1ccc(Cc2nc3nccc(-c4cccs4)n3n2)cc1. The second kappa shape index (κ2) is 5.10. The zero-order valence-electron chi connectivity index (χ0n) is 11.2. The molecule has 0 aliphatic heterocycles. The van der Waals surface area contributed by atoms with E-state index in [1.165, 1.54) is 10.4 Å². The van der Waals surface area contributed by atoms with Gasteiger partial charge in [0.25, 0.3) is 5.78 Å². The molecule has 3 heterocycles. The molecule has 4 rings (SSSR count). The number of nitrogens with zero attached hydrogens (tertiary/aromatic N) is 4. The summed E-state index contributed by atoms with van der Waals surface area (Å²) in [5.41, 5.74) is 2.23. The average Bonchev–Trinajstić information content (AvgIpc) is 3.16. The number of aromatic nitrogens is 4. The van der Waals surface area contributed by atoms with Gasteiger partial charge in [0.15, 0.2) is 5.82 Å². The van der Waals surface area contributed by atoms with Crippen LogP contribution in [0.1, 0.15) is 11.4 Å². The first-order valence-electron chi connectivity index (χ1n) is 6.68. The molecule has 0 amide bonds. The highest BCUT2D eigenvalue weighted by Gasteiger charge is 2.10. The van der Waals surface area contributed by atoms with Crippen molar-refractivity contribution in [2.45, 2.75) is 6.42 Å². The minimum absolute atomic E-state index is 0.645. The lowest BCUT2D eigenvalue weighted by Gasteiger charge is -1.99. The summed E-state index contributed by atoms with van der Waals surface area (Å²) >= 11 is 1.69. The molecular weight excluding hydrogens is 280 g/mol. The fourth-order valence-electron chi connectivity index (χ4n) is 2.30. The molecular formula is C16H12N4S. The maximum Gasteiger partial charge on any atom is 0.252 e. The number of hydrogen-bond acceptors (Lipinski definition) is 4. The highest BCUT2D eigenvalue weighted by molar-refractivity contribution is 7.13. The van der Waals surface area contributed by atoms with Gasteiger partial charge in [-0.15, -0.1) is 16.4 Å². The van der Waals surface area contributed by atoms with Crippen molar-refractivity contribution in [2.75, 3.05) is 0 Å². The van der Waals surface area contributed by atoms with Gasteiger partial charge in [-0.1, -0.05) is 36.4 Å². The van der Waals surface area contributed by atoms with Gasteiger partial charge in [-0.05, 0) is 23.1 Å². The molecule has 4 aromatic rings. The number of thiophene rings is 1. The lowest BCUT2D eigenvalue weighted by atomic mass is 10.1. The lowest BCUT2D eigenvalue weighted by Crippen LogP contribution is -1.95. The summed E-state index contributed by atoms with van der Waals surface area (Å²) < 4.78 is 1.82. The van der Waals surface area contributed by atoms with Crippen LogP contribution in [0.4, 0.5) is 0 Å². The molecule has 0 spiro atoms. The molecule has 3 aromatic heterocycles. The molecule has 0 bridgehead atoms. The fourth-order valence-corrected chi connectivity index (χ4v) is 3.04. The van der Waals surface area contributed by atoms with Crippen molar-refractivity contribution in [3.63, 3.8) is 0 Å². The van der Waals surface area contributed by atoms with Crippen LogP contribution in [0.3, 0.4) is 0 Å².